The molecule has 2 aliphatic carbocycles. The van der Waals surface area contributed by atoms with E-state index in [2.05, 4.69) is 31.1 Å². The minimum absolute atomic E-state index is 0.200. The minimum atomic E-state index is 0.200. The lowest BCUT2D eigenvalue weighted by molar-refractivity contribution is 0.404. The van der Waals surface area contributed by atoms with Gasteiger partial charge in [-0.2, -0.15) is 0 Å². The topological polar surface area (TPSA) is 38.1 Å². The van der Waals surface area contributed by atoms with Gasteiger partial charge in [-0.3, -0.25) is 0 Å². The zero-order valence-electron chi connectivity index (χ0n) is 13.1. The van der Waals surface area contributed by atoms with Crippen LogP contribution >= 0.6 is 0 Å². The second-order valence-corrected chi connectivity index (χ2v) is 7.57. The molecule has 3 rings (SSSR count). The summed E-state index contributed by atoms with van der Waals surface area (Å²) in [6, 6.07) is 0. The number of hydrogen-bond donors (Lipinski definition) is 1. The summed E-state index contributed by atoms with van der Waals surface area (Å²) in [5.74, 6) is 4.62. The molecule has 2 atom stereocenters. The van der Waals surface area contributed by atoms with Crippen molar-refractivity contribution in [3.63, 3.8) is 0 Å². The van der Waals surface area contributed by atoms with Gasteiger partial charge in [-0.05, 0) is 58.4 Å². The smallest absolute Gasteiger partial charge is 0.194 e. The third kappa shape index (κ3) is 3.25. The second-order valence-electron chi connectivity index (χ2n) is 7.57. The van der Waals surface area contributed by atoms with E-state index in [1.165, 1.54) is 31.4 Å². The van der Waals surface area contributed by atoms with E-state index in [4.69, 9.17) is 4.42 Å². The normalized spacial score (nSPS) is 29.2. The fourth-order valence-corrected chi connectivity index (χ4v) is 3.71. The van der Waals surface area contributed by atoms with E-state index >= 15 is 0 Å². The van der Waals surface area contributed by atoms with Crippen molar-refractivity contribution in [2.75, 3.05) is 6.54 Å². The fourth-order valence-electron chi connectivity index (χ4n) is 3.71. The Morgan fingerprint density at radius 1 is 1.25 bits per heavy atom. The van der Waals surface area contributed by atoms with Gasteiger partial charge in [-0.15, -0.1) is 0 Å². The first kappa shape index (κ1) is 14.1. The molecule has 1 heterocycles. The maximum Gasteiger partial charge on any atom is 0.194 e. The van der Waals surface area contributed by atoms with Crippen LogP contribution in [0.15, 0.2) is 10.6 Å². The molecule has 0 bridgehead atoms. The third-order valence-electron chi connectivity index (χ3n) is 4.78. The molecule has 0 radical (unpaired) electrons. The quantitative estimate of drug-likeness (QED) is 0.829. The molecule has 0 spiro atoms. The van der Waals surface area contributed by atoms with Gasteiger partial charge in [0.15, 0.2) is 5.89 Å². The molecule has 0 saturated heterocycles. The summed E-state index contributed by atoms with van der Waals surface area (Å²) in [6.07, 6.45) is 9.67. The number of aryl methyl sites for hydroxylation is 1. The van der Waals surface area contributed by atoms with E-state index < -0.39 is 0 Å². The van der Waals surface area contributed by atoms with Crippen LogP contribution in [0.2, 0.25) is 0 Å². The molecule has 112 valence electrons. The van der Waals surface area contributed by atoms with Crippen LogP contribution in [0.1, 0.15) is 70.4 Å². The van der Waals surface area contributed by atoms with Crippen LogP contribution in [0.4, 0.5) is 0 Å². The summed E-state index contributed by atoms with van der Waals surface area (Å²) in [4.78, 5) is 4.47. The van der Waals surface area contributed by atoms with Crippen LogP contribution in [0.5, 0.6) is 0 Å². The fraction of sp³-hybridized carbons (Fsp3) is 0.824. The standard InChI is InChI=1S/C17H28N2O/c1-17(2,3)19-10-6-9-15-18-11-14(20-15)16-12-7-4-5-8-13(12)16/h11-13,16,19H,4-10H2,1-3H3. The zero-order valence-corrected chi connectivity index (χ0v) is 13.1. The highest BCUT2D eigenvalue weighted by atomic mass is 16.4. The number of nitrogens with zero attached hydrogens (tertiary/aromatic N) is 1. The van der Waals surface area contributed by atoms with Crippen LogP contribution in [-0.2, 0) is 6.42 Å². The molecule has 1 N–H and O–H groups in total. The first-order chi connectivity index (χ1) is 9.54. The second kappa shape index (κ2) is 5.51. The Bertz CT molecular complexity index is 434. The number of fused-ring (bicyclic) bond motifs is 1. The van der Waals surface area contributed by atoms with Crippen molar-refractivity contribution >= 4 is 0 Å². The van der Waals surface area contributed by atoms with Crippen LogP contribution in [0.3, 0.4) is 0 Å². The summed E-state index contributed by atoms with van der Waals surface area (Å²) in [5, 5.41) is 3.51. The highest BCUT2D eigenvalue weighted by Crippen LogP contribution is 2.61. The largest absolute Gasteiger partial charge is 0.445 e. The van der Waals surface area contributed by atoms with E-state index in [0.29, 0.717) is 5.92 Å². The molecule has 3 heteroatoms. The monoisotopic (exact) mass is 276 g/mol. The molecule has 1 aromatic heterocycles. The van der Waals surface area contributed by atoms with Crippen molar-refractivity contribution in [3.05, 3.63) is 17.8 Å². The maximum absolute atomic E-state index is 5.99. The maximum atomic E-state index is 5.99. The molecule has 0 aliphatic heterocycles. The highest BCUT2D eigenvalue weighted by Gasteiger charge is 2.53. The molecular weight excluding hydrogens is 248 g/mol. The molecule has 2 aliphatic rings. The molecule has 2 unspecified atom stereocenters. The lowest BCUT2D eigenvalue weighted by atomic mass is 10.0. The van der Waals surface area contributed by atoms with Gasteiger partial charge in [0, 0.05) is 17.9 Å². The van der Waals surface area contributed by atoms with Crippen molar-refractivity contribution in [3.8, 4) is 0 Å². The summed E-state index contributed by atoms with van der Waals surface area (Å²) >= 11 is 0. The van der Waals surface area contributed by atoms with E-state index in [9.17, 15) is 0 Å². The van der Waals surface area contributed by atoms with Crippen molar-refractivity contribution < 1.29 is 4.42 Å². The van der Waals surface area contributed by atoms with Gasteiger partial charge in [-0.25, -0.2) is 4.98 Å². The molecule has 2 saturated carbocycles. The first-order valence-corrected chi connectivity index (χ1v) is 8.24. The van der Waals surface area contributed by atoms with Gasteiger partial charge in [0.2, 0.25) is 0 Å². The predicted octanol–water partition coefficient (Wildman–Crippen LogP) is 3.90. The molecule has 0 aromatic carbocycles. The molecule has 3 nitrogen and oxygen atoms in total. The number of hydrogen-bond acceptors (Lipinski definition) is 3. The summed E-state index contributed by atoms with van der Waals surface area (Å²) < 4.78 is 5.99. The summed E-state index contributed by atoms with van der Waals surface area (Å²) in [5.41, 5.74) is 0.200. The van der Waals surface area contributed by atoms with E-state index in [-0.39, 0.29) is 5.54 Å². The first-order valence-electron chi connectivity index (χ1n) is 8.24. The van der Waals surface area contributed by atoms with E-state index in [1.807, 2.05) is 6.20 Å². The lowest BCUT2D eigenvalue weighted by Gasteiger charge is -2.20. The highest BCUT2D eigenvalue weighted by molar-refractivity contribution is 5.18. The summed E-state index contributed by atoms with van der Waals surface area (Å²) in [6.45, 7) is 7.62. The van der Waals surface area contributed by atoms with E-state index in [1.54, 1.807) is 0 Å². The Labute approximate surface area is 122 Å². The molecular formula is C17H28N2O. The number of nitrogens with one attached hydrogen (secondary N) is 1. The van der Waals surface area contributed by atoms with Crippen LogP contribution < -0.4 is 5.32 Å². The van der Waals surface area contributed by atoms with Crippen LogP contribution in [0.25, 0.3) is 0 Å². The Kier molecular flexibility index (Phi) is 3.89. The van der Waals surface area contributed by atoms with Gasteiger partial charge < -0.3 is 9.73 Å². The lowest BCUT2D eigenvalue weighted by Crippen LogP contribution is -2.36. The Hall–Kier alpha value is -0.830. The van der Waals surface area contributed by atoms with Crippen molar-refractivity contribution in [1.29, 1.82) is 0 Å². The van der Waals surface area contributed by atoms with Crippen LogP contribution in [0, 0.1) is 11.8 Å². The number of rotatable bonds is 5. The number of aromatic nitrogens is 1. The molecule has 2 fully saturated rings. The molecule has 0 amide bonds. The Balaban J connectivity index is 1.46. The Morgan fingerprint density at radius 3 is 2.60 bits per heavy atom. The average molecular weight is 276 g/mol. The molecule has 1 aromatic rings. The van der Waals surface area contributed by atoms with Gasteiger partial charge in [0.05, 0.1) is 6.20 Å². The van der Waals surface area contributed by atoms with Gasteiger partial charge >= 0.3 is 0 Å². The van der Waals surface area contributed by atoms with Crippen molar-refractivity contribution in [2.24, 2.45) is 11.8 Å². The van der Waals surface area contributed by atoms with Crippen molar-refractivity contribution in [1.82, 2.24) is 10.3 Å². The van der Waals surface area contributed by atoms with Crippen molar-refractivity contribution in [2.45, 2.75) is 70.8 Å². The average Bonchev–Trinajstić information content (AvgIpc) is 2.94. The number of oxazole rings is 1. The molecule has 20 heavy (non-hydrogen) atoms. The predicted molar refractivity (Wildman–Crippen MR) is 80.8 cm³/mol. The third-order valence-corrected chi connectivity index (χ3v) is 4.78. The zero-order chi connectivity index (χ0) is 14.2. The van der Waals surface area contributed by atoms with E-state index in [0.717, 1.165) is 37.1 Å². The van der Waals surface area contributed by atoms with Gasteiger partial charge in [0.1, 0.15) is 5.76 Å². The van der Waals surface area contributed by atoms with Gasteiger partial charge in [-0.1, -0.05) is 12.8 Å². The SMILES string of the molecule is CC(C)(C)NCCCc1ncc(C2C3CCCCC32)o1. The summed E-state index contributed by atoms with van der Waals surface area (Å²) in [7, 11) is 0. The Morgan fingerprint density at radius 2 is 1.95 bits per heavy atom. The van der Waals surface area contributed by atoms with Gasteiger partial charge in [0.25, 0.3) is 0 Å². The van der Waals surface area contributed by atoms with Crippen LogP contribution in [-0.4, -0.2) is 17.1 Å². The minimum Gasteiger partial charge on any atom is -0.445 e.